The van der Waals surface area contributed by atoms with Crippen LogP contribution in [0.2, 0.25) is 0 Å². The number of carbonyl (C=O) groups excluding carboxylic acids is 1. The molecule has 1 saturated heterocycles. The van der Waals surface area contributed by atoms with Crippen molar-refractivity contribution >= 4 is 23.2 Å². The summed E-state index contributed by atoms with van der Waals surface area (Å²) in [5, 5.41) is 9.84. The second kappa shape index (κ2) is 5.49. The molecule has 1 aromatic heterocycles. The normalized spacial score (nSPS) is 19.9. The number of hydrogen-bond acceptors (Lipinski definition) is 5. The monoisotopic (exact) mass is 298 g/mol. The van der Waals surface area contributed by atoms with Crippen LogP contribution < -0.4 is 0 Å². The van der Waals surface area contributed by atoms with Gasteiger partial charge in [-0.1, -0.05) is 20.8 Å². The van der Waals surface area contributed by atoms with Crippen molar-refractivity contribution in [2.24, 2.45) is 0 Å². The number of amides is 1. The minimum Gasteiger partial charge on any atom is -0.479 e. The molecule has 1 aromatic rings. The van der Waals surface area contributed by atoms with Crippen molar-refractivity contribution in [2.45, 2.75) is 32.3 Å². The van der Waals surface area contributed by atoms with Crippen LogP contribution in [-0.2, 0) is 14.9 Å². The third-order valence-corrected chi connectivity index (χ3v) is 4.40. The first kappa shape index (κ1) is 14.9. The number of thiazole rings is 1. The number of carboxylic acids is 1. The van der Waals surface area contributed by atoms with Gasteiger partial charge in [0.2, 0.25) is 0 Å². The molecule has 6 nitrogen and oxygen atoms in total. The molecule has 7 heteroatoms. The van der Waals surface area contributed by atoms with E-state index in [0.29, 0.717) is 11.4 Å². The molecule has 2 rings (SSSR count). The highest BCUT2D eigenvalue weighted by molar-refractivity contribution is 7.13. The number of carbonyl (C=O) groups is 2. The van der Waals surface area contributed by atoms with Gasteiger partial charge in [-0.2, -0.15) is 0 Å². The Morgan fingerprint density at radius 3 is 2.75 bits per heavy atom. The molecule has 0 spiro atoms. The number of rotatable bonds is 2. The van der Waals surface area contributed by atoms with E-state index in [4.69, 9.17) is 9.84 Å². The number of nitrogens with zero attached hydrogens (tertiary/aromatic N) is 2. The van der Waals surface area contributed by atoms with Gasteiger partial charge in [0.1, 0.15) is 4.88 Å². The quantitative estimate of drug-likeness (QED) is 0.892. The van der Waals surface area contributed by atoms with Crippen LogP contribution in [0.3, 0.4) is 0 Å². The third-order valence-electron chi connectivity index (χ3n) is 2.99. The third kappa shape index (κ3) is 3.16. The maximum absolute atomic E-state index is 12.4. The van der Waals surface area contributed by atoms with Gasteiger partial charge in [0.05, 0.1) is 24.4 Å². The molecule has 1 aliphatic rings. The van der Waals surface area contributed by atoms with E-state index in [1.54, 1.807) is 6.20 Å². The summed E-state index contributed by atoms with van der Waals surface area (Å²) in [6.07, 6.45) is 0.626. The molecular weight excluding hydrogens is 280 g/mol. The zero-order chi connectivity index (χ0) is 14.9. The summed E-state index contributed by atoms with van der Waals surface area (Å²) in [6.45, 7) is 6.84. The molecule has 1 N–H and O–H groups in total. The van der Waals surface area contributed by atoms with Crippen molar-refractivity contribution in [3.63, 3.8) is 0 Å². The van der Waals surface area contributed by atoms with E-state index in [2.05, 4.69) is 4.98 Å². The van der Waals surface area contributed by atoms with E-state index in [-0.39, 0.29) is 24.5 Å². The van der Waals surface area contributed by atoms with Crippen LogP contribution >= 0.6 is 11.3 Å². The van der Waals surface area contributed by atoms with E-state index >= 15 is 0 Å². The summed E-state index contributed by atoms with van der Waals surface area (Å²) in [5.41, 5.74) is -0.0994. The number of carboxylic acid groups (broad SMARTS) is 1. The minimum absolute atomic E-state index is 0.0803. The molecule has 1 fully saturated rings. The molecule has 0 saturated carbocycles. The largest absolute Gasteiger partial charge is 0.479 e. The fourth-order valence-electron chi connectivity index (χ4n) is 1.86. The first-order valence-electron chi connectivity index (χ1n) is 6.39. The summed E-state index contributed by atoms with van der Waals surface area (Å²) in [4.78, 5) is 29.6. The molecule has 0 radical (unpaired) electrons. The van der Waals surface area contributed by atoms with Crippen molar-refractivity contribution < 1.29 is 19.4 Å². The van der Waals surface area contributed by atoms with Crippen LogP contribution in [0.15, 0.2) is 6.20 Å². The number of aromatic nitrogens is 1. The maximum atomic E-state index is 12.4. The summed E-state index contributed by atoms with van der Waals surface area (Å²) < 4.78 is 5.11. The number of hydrogen-bond donors (Lipinski definition) is 1. The lowest BCUT2D eigenvalue weighted by molar-refractivity contribution is -0.154. The molecule has 0 bridgehead atoms. The van der Waals surface area contributed by atoms with Gasteiger partial charge < -0.3 is 14.7 Å². The van der Waals surface area contributed by atoms with Gasteiger partial charge in [0.15, 0.2) is 6.10 Å². The molecule has 20 heavy (non-hydrogen) atoms. The van der Waals surface area contributed by atoms with Gasteiger partial charge >= 0.3 is 5.97 Å². The van der Waals surface area contributed by atoms with Crippen molar-refractivity contribution in [3.8, 4) is 0 Å². The second-order valence-electron chi connectivity index (χ2n) is 5.73. The molecule has 1 aliphatic heterocycles. The predicted octanol–water partition coefficient (Wildman–Crippen LogP) is 1.37. The molecule has 110 valence electrons. The fraction of sp³-hybridized carbons (Fsp3) is 0.615. The summed E-state index contributed by atoms with van der Waals surface area (Å²) in [6, 6.07) is 0. The SMILES string of the molecule is CC(C)(C)c1ncc(C(=O)N2CCO[C@@H](C(=O)O)C2)s1. The van der Waals surface area contributed by atoms with Crippen molar-refractivity contribution in [3.05, 3.63) is 16.1 Å². The van der Waals surface area contributed by atoms with E-state index in [1.165, 1.54) is 16.2 Å². The van der Waals surface area contributed by atoms with Crippen LogP contribution in [0.5, 0.6) is 0 Å². The molecular formula is C13H18N2O4S. The summed E-state index contributed by atoms with van der Waals surface area (Å²) in [5.74, 6) is -1.21. The van der Waals surface area contributed by atoms with E-state index < -0.39 is 12.1 Å². The average molecular weight is 298 g/mol. The Hall–Kier alpha value is -1.47. The van der Waals surface area contributed by atoms with Crippen molar-refractivity contribution in [1.82, 2.24) is 9.88 Å². The highest BCUT2D eigenvalue weighted by Crippen LogP contribution is 2.27. The van der Waals surface area contributed by atoms with E-state index in [1.807, 2.05) is 20.8 Å². The van der Waals surface area contributed by atoms with Crippen molar-refractivity contribution in [1.29, 1.82) is 0 Å². The number of morpholine rings is 1. The van der Waals surface area contributed by atoms with Gasteiger partial charge in [-0.25, -0.2) is 9.78 Å². The molecule has 2 heterocycles. The topological polar surface area (TPSA) is 79.7 Å². The zero-order valence-corrected chi connectivity index (χ0v) is 12.6. The van der Waals surface area contributed by atoms with Crippen molar-refractivity contribution in [2.75, 3.05) is 19.7 Å². The van der Waals surface area contributed by atoms with Crippen LogP contribution in [0.4, 0.5) is 0 Å². The van der Waals surface area contributed by atoms with Gasteiger partial charge in [-0.3, -0.25) is 4.79 Å². The fourth-order valence-corrected chi connectivity index (χ4v) is 2.80. The highest BCUT2D eigenvalue weighted by Gasteiger charge is 2.30. The predicted molar refractivity (Wildman–Crippen MR) is 74.1 cm³/mol. The lowest BCUT2D eigenvalue weighted by atomic mass is 9.98. The second-order valence-corrected chi connectivity index (χ2v) is 6.76. The molecule has 0 aromatic carbocycles. The maximum Gasteiger partial charge on any atom is 0.334 e. The average Bonchev–Trinajstić information content (AvgIpc) is 2.87. The van der Waals surface area contributed by atoms with Crippen LogP contribution in [0.1, 0.15) is 35.5 Å². The number of ether oxygens (including phenoxy) is 1. The Kier molecular flexibility index (Phi) is 4.10. The Balaban J connectivity index is 2.11. The smallest absolute Gasteiger partial charge is 0.334 e. The zero-order valence-electron chi connectivity index (χ0n) is 11.8. The van der Waals surface area contributed by atoms with Crippen LogP contribution in [0, 0.1) is 0 Å². The molecule has 0 aliphatic carbocycles. The standard InChI is InChI=1S/C13H18N2O4S/c1-13(2,3)12-14-6-9(20-12)10(16)15-4-5-19-8(7-15)11(17)18/h6,8H,4-5,7H2,1-3H3,(H,17,18)/t8-/m1/s1. The summed E-state index contributed by atoms with van der Waals surface area (Å²) >= 11 is 1.36. The van der Waals surface area contributed by atoms with Gasteiger partial charge in [0.25, 0.3) is 5.91 Å². The lowest BCUT2D eigenvalue weighted by Crippen LogP contribution is -2.48. The minimum atomic E-state index is -1.04. The molecule has 0 unspecified atom stereocenters. The lowest BCUT2D eigenvalue weighted by Gasteiger charge is -2.30. The number of aliphatic carboxylic acids is 1. The van der Waals surface area contributed by atoms with E-state index in [0.717, 1.165) is 5.01 Å². The van der Waals surface area contributed by atoms with Gasteiger partial charge in [-0.05, 0) is 0 Å². The highest BCUT2D eigenvalue weighted by atomic mass is 32.1. The first-order chi connectivity index (χ1) is 9.29. The van der Waals surface area contributed by atoms with Crippen LogP contribution in [0.25, 0.3) is 0 Å². The summed E-state index contributed by atoms with van der Waals surface area (Å²) in [7, 11) is 0. The van der Waals surface area contributed by atoms with Crippen LogP contribution in [-0.4, -0.2) is 52.7 Å². The Morgan fingerprint density at radius 1 is 1.50 bits per heavy atom. The Bertz CT molecular complexity index is 521. The molecule has 1 amide bonds. The van der Waals surface area contributed by atoms with E-state index in [9.17, 15) is 9.59 Å². The van der Waals surface area contributed by atoms with Gasteiger partial charge in [0, 0.05) is 12.0 Å². The Labute approximate surface area is 121 Å². The Morgan fingerprint density at radius 2 is 2.20 bits per heavy atom. The first-order valence-corrected chi connectivity index (χ1v) is 7.20. The van der Waals surface area contributed by atoms with Gasteiger partial charge in [-0.15, -0.1) is 11.3 Å². The molecule has 1 atom stereocenters.